The molecule has 2 aliphatic heterocycles. The molecule has 0 radical (unpaired) electrons. The highest BCUT2D eigenvalue weighted by Crippen LogP contribution is 2.31. The monoisotopic (exact) mass is 250 g/mol. The number of fused-ring (bicyclic) bond motifs is 2. The molecule has 3 heterocycles. The number of hydrogen-bond acceptors (Lipinski definition) is 4. The number of nitrogens with zero attached hydrogens (tertiary/aromatic N) is 3. The molecule has 2 bridgehead atoms. The van der Waals surface area contributed by atoms with Crippen molar-refractivity contribution < 1.29 is 4.74 Å². The first-order chi connectivity index (χ1) is 8.81. The van der Waals surface area contributed by atoms with E-state index in [-0.39, 0.29) is 6.04 Å². The Kier molecular flexibility index (Phi) is 3.37. The molecule has 2 fully saturated rings. The Balaban J connectivity index is 1.80. The molecule has 3 rings (SSSR count). The summed E-state index contributed by atoms with van der Waals surface area (Å²) >= 11 is 0. The summed E-state index contributed by atoms with van der Waals surface area (Å²) in [7, 11) is 0. The summed E-state index contributed by atoms with van der Waals surface area (Å²) in [5, 5.41) is 0. The Hall–Kier alpha value is -0.910. The average Bonchev–Trinajstić information content (AvgIpc) is 2.97. The van der Waals surface area contributed by atoms with Crippen LogP contribution in [0.5, 0.6) is 0 Å². The molecule has 0 aromatic carbocycles. The van der Waals surface area contributed by atoms with Gasteiger partial charge in [0.25, 0.3) is 0 Å². The van der Waals surface area contributed by atoms with Gasteiger partial charge in [0.05, 0.1) is 30.3 Å². The molecule has 18 heavy (non-hydrogen) atoms. The Bertz CT molecular complexity index is 393. The SMILES string of the molecule is CCn1cncc1C(CN)N1CC2CCC(C1)O2. The minimum absolute atomic E-state index is 0.277. The molecule has 0 saturated carbocycles. The van der Waals surface area contributed by atoms with E-state index in [1.807, 2.05) is 12.5 Å². The molecular weight excluding hydrogens is 228 g/mol. The second-order valence-electron chi connectivity index (χ2n) is 5.27. The highest BCUT2D eigenvalue weighted by atomic mass is 16.5. The highest BCUT2D eigenvalue weighted by Gasteiger charge is 2.37. The maximum Gasteiger partial charge on any atom is 0.0948 e. The number of aryl methyl sites for hydroxylation is 1. The van der Waals surface area contributed by atoms with E-state index in [0.29, 0.717) is 18.8 Å². The van der Waals surface area contributed by atoms with Crippen LogP contribution >= 0.6 is 0 Å². The maximum atomic E-state index is 6.01. The van der Waals surface area contributed by atoms with Gasteiger partial charge in [0.2, 0.25) is 0 Å². The summed E-state index contributed by atoms with van der Waals surface area (Å²) < 4.78 is 8.08. The number of nitrogens with two attached hydrogens (primary N) is 1. The summed E-state index contributed by atoms with van der Waals surface area (Å²) in [6.45, 7) is 5.75. The molecule has 1 aromatic heterocycles. The first kappa shape index (κ1) is 12.1. The smallest absolute Gasteiger partial charge is 0.0948 e. The summed E-state index contributed by atoms with van der Waals surface area (Å²) in [5.41, 5.74) is 7.24. The van der Waals surface area contributed by atoms with Gasteiger partial charge in [0.15, 0.2) is 0 Å². The van der Waals surface area contributed by atoms with Crippen molar-refractivity contribution in [3.8, 4) is 0 Å². The zero-order chi connectivity index (χ0) is 12.5. The van der Waals surface area contributed by atoms with Gasteiger partial charge in [-0.25, -0.2) is 4.98 Å². The third kappa shape index (κ3) is 2.06. The van der Waals surface area contributed by atoms with Gasteiger partial charge in [-0.15, -0.1) is 0 Å². The fraction of sp³-hybridized carbons (Fsp3) is 0.769. The topological polar surface area (TPSA) is 56.3 Å². The van der Waals surface area contributed by atoms with Crippen molar-refractivity contribution in [3.63, 3.8) is 0 Å². The van der Waals surface area contributed by atoms with Crippen molar-refractivity contribution in [2.45, 2.75) is 44.6 Å². The van der Waals surface area contributed by atoms with Gasteiger partial charge < -0.3 is 15.0 Å². The molecule has 100 valence electrons. The number of aromatic nitrogens is 2. The van der Waals surface area contributed by atoms with Gasteiger partial charge in [-0.2, -0.15) is 0 Å². The molecule has 3 atom stereocenters. The van der Waals surface area contributed by atoms with E-state index in [1.54, 1.807) is 0 Å². The molecule has 0 spiro atoms. The van der Waals surface area contributed by atoms with Gasteiger partial charge in [-0.1, -0.05) is 0 Å². The predicted octanol–water partition coefficient (Wildman–Crippen LogP) is 0.766. The van der Waals surface area contributed by atoms with E-state index in [0.717, 1.165) is 19.6 Å². The Labute approximate surface area is 108 Å². The van der Waals surface area contributed by atoms with Crippen LogP contribution in [0.25, 0.3) is 0 Å². The first-order valence-electron chi connectivity index (χ1n) is 6.91. The largest absolute Gasteiger partial charge is 0.372 e. The van der Waals surface area contributed by atoms with Gasteiger partial charge in [0, 0.05) is 32.4 Å². The molecule has 2 aliphatic rings. The minimum atomic E-state index is 0.277. The van der Waals surface area contributed by atoms with E-state index in [4.69, 9.17) is 10.5 Å². The lowest BCUT2D eigenvalue weighted by atomic mass is 10.1. The number of imidazole rings is 1. The fourth-order valence-corrected chi connectivity index (χ4v) is 3.23. The maximum absolute atomic E-state index is 6.01. The fourth-order valence-electron chi connectivity index (χ4n) is 3.23. The van der Waals surface area contributed by atoms with Crippen LogP contribution in [0.3, 0.4) is 0 Å². The molecule has 0 aliphatic carbocycles. The summed E-state index contributed by atoms with van der Waals surface area (Å²) in [5.74, 6) is 0. The van der Waals surface area contributed by atoms with E-state index in [2.05, 4.69) is 21.4 Å². The Morgan fingerprint density at radius 3 is 2.78 bits per heavy atom. The second kappa shape index (κ2) is 4.99. The zero-order valence-electron chi connectivity index (χ0n) is 11.0. The lowest BCUT2D eigenvalue weighted by Gasteiger charge is -2.37. The Morgan fingerprint density at radius 2 is 2.17 bits per heavy atom. The average molecular weight is 250 g/mol. The number of morpholine rings is 1. The summed E-state index contributed by atoms with van der Waals surface area (Å²) in [6, 6.07) is 0.277. The van der Waals surface area contributed by atoms with Crippen molar-refractivity contribution in [1.29, 1.82) is 0 Å². The van der Waals surface area contributed by atoms with Crippen molar-refractivity contribution >= 4 is 0 Å². The molecule has 5 heteroatoms. The number of rotatable bonds is 4. The van der Waals surface area contributed by atoms with Gasteiger partial charge in [0.1, 0.15) is 0 Å². The molecule has 5 nitrogen and oxygen atoms in total. The van der Waals surface area contributed by atoms with Gasteiger partial charge >= 0.3 is 0 Å². The second-order valence-corrected chi connectivity index (χ2v) is 5.27. The number of hydrogen-bond donors (Lipinski definition) is 1. The summed E-state index contributed by atoms with van der Waals surface area (Å²) in [4.78, 5) is 6.74. The predicted molar refractivity (Wildman–Crippen MR) is 69.2 cm³/mol. The summed E-state index contributed by atoms with van der Waals surface area (Å²) in [6.07, 6.45) is 7.08. The third-order valence-electron chi connectivity index (χ3n) is 4.16. The number of likely N-dealkylation sites (tertiary alicyclic amines) is 1. The molecule has 2 saturated heterocycles. The van der Waals surface area contributed by atoms with Crippen LogP contribution in [-0.2, 0) is 11.3 Å². The lowest BCUT2D eigenvalue weighted by molar-refractivity contribution is -0.0530. The first-order valence-corrected chi connectivity index (χ1v) is 6.91. The standard InChI is InChI=1S/C13H22N4O/c1-2-16-9-15-6-13(16)12(5-14)17-7-10-3-4-11(8-17)18-10/h6,9-12H,2-5,7-8,14H2,1H3. The van der Waals surface area contributed by atoms with Crippen LogP contribution in [0.2, 0.25) is 0 Å². The van der Waals surface area contributed by atoms with E-state index >= 15 is 0 Å². The highest BCUT2D eigenvalue weighted by molar-refractivity contribution is 5.08. The van der Waals surface area contributed by atoms with Crippen molar-refractivity contribution in [2.75, 3.05) is 19.6 Å². The van der Waals surface area contributed by atoms with Crippen LogP contribution in [0.4, 0.5) is 0 Å². The van der Waals surface area contributed by atoms with Gasteiger partial charge in [-0.05, 0) is 19.8 Å². The molecular formula is C13H22N4O. The lowest BCUT2D eigenvalue weighted by Crippen LogP contribution is -2.46. The van der Waals surface area contributed by atoms with Crippen LogP contribution in [0.1, 0.15) is 31.5 Å². The molecule has 0 amide bonds. The Morgan fingerprint density at radius 1 is 1.44 bits per heavy atom. The van der Waals surface area contributed by atoms with Crippen molar-refractivity contribution in [2.24, 2.45) is 5.73 Å². The molecule has 3 unspecified atom stereocenters. The number of ether oxygens (including phenoxy) is 1. The third-order valence-corrected chi connectivity index (χ3v) is 4.16. The zero-order valence-corrected chi connectivity index (χ0v) is 11.0. The van der Waals surface area contributed by atoms with Crippen molar-refractivity contribution in [3.05, 3.63) is 18.2 Å². The van der Waals surface area contributed by atoms with Crippen LogP contribution in [-0.4, -0.2) is 46.3 Å². The van der Waals surface area contributed by atoms with Crippen LogP contribution < -0.4 is 5.73 Å². The van der Waals surface area contributed by atoms with E-state index < -0.39 is 0 Å². The van der Waals surface area contributed by atoms with E-state index in [9.17, 15) is 0 Å². The molecule has 2 N–H and O–H groups in total. The van der Waals surface area contributed by atoms with Crippen LogP contribution in [0.15, 0.2) is 12.5 Å². The van der Waals surface area contributed by atoms with Crippen molar-refractivity contribution in [1.82, 2.24) is 14.5 Å². The van der Waals surface area contributed by atoms with E-state index in [1.165, 1.54) is 18.5 Å². The quantitative estimate of drug-likeness (QED) is 0.857. The van der Waals surface area contributed by atoms with Crippen LogP contribution in [0, 0.1) is 0 Å². The minimum Gasteiger partial charge on any atom is -0.372 e. The normalized spacial score (nSPS) is 29.7. The molecule has 1 aromatic rings. The van der Waals surface area contributed by atoms with Gasteiger partial charge in [-0.3, -0.25) is 4.90 Å².